The van der Waals surface area contributed by atoms with E-state index in [0.29, 0.717) is 19.4 Å². The fraction of sp³-hybridized carbons (Fsp3) is 0.400. The van der Waals surface area contributed by atoms with Crippen LogP contribution in [0, 0.1) is 0 Å². The van der Waals surface area contributed by atoms with Crippen molar-refractivity contribution in [2.45, 2.75) is 25.8 Å². The van der Waals surface area contributed by atoms with Crippen molar-refractivity contribution < 1.29 is 20.1 Å². The second kappa shape index (κ2) is 6.54. The Labute approximate surface area is 117 Å². The molecule has 0 fully saturated rings. The number of nitrogens with zero attached hydrogens (tertiary/aromatic N) is 1. The number of aromatic carboxylic acids is 1. The second-order valence-corrected chi connectivity index (χ2v) is 4.79. The number of carbonyl (C=O) groups is 1. The number of carboxylic acids is 1. The zero-order valence-electron chi connectivity index (χ0n) is 11.2. The number of carboxylic acid groups (broad SMARTS) is 1. The molecular formula is C15H19NO4. The Morgan fingerprint density at radius 3 is 2.55 bits per heavy atom. The van der Waals surface area contributed by atoms with Gasteiger partial charge in [0.15, 0.2) is 0 Å². The molecule has 0 spiro atoms. The van der Waals surface area contributed by atoms with Crippen molar-refractivity contribution in [3.63, 3.8) is 0 Å². The van der Waals surface area contributed by atoms with E-state index >= 15 is 0 Å². The van der Waals surface area contributed by atoms with E-state index in [-0.39, 0.29) is 18.8 Å². The summed E-state index contributed by atoms with van der Waals surface area (Å²) in [5.74, 6) is -0.946. The number of fused-ring (bicyclic) bond motifs is 1. The molecule has 1 aromatic heterocycles. The van der Waals surface area contributed by atoms with Crippen LogP contribution in [0.5, 0.6) is 0 Å². The van der Waals surface area contributed by atoms with Gasteiger partial charge in [-0.3, -0.25) is 0 Å². The number of aryl methyl sites for hydroxylation is 2. The van der Waals surface area contributed by atoms with Gasteiger partial charge >= 0.3 is 5.97 Å². The fourth-order valence-electron chi connectivity index (χ4n) is 2.40. The third kappa shape index (κ3) is 3.00. The number of hydrogen-bond donors (Lipinski definition) is 3. The van der Waals surface area contributed by atoms with E-state index in [1.54, 1.807) is 12.1 Å². The maximum absolute atomic E-state index is 11.1. The molecule has 0 saturated heterocycles. The zero-order valence-corrected chi connectivity index (χ0v) is 11.2. The Kier molecular flexibility index (Phi) is 4.76. The molecule has 2 aromatic rings. The van der Waals surface area contributed by atoms with Gasteiger partial charge in [0.1, 0.15) is 0 Å². The lowest BCUT2D eigenvalue weighted by Gasteiger charge is -2.04. The van der Waals surface area contributed by atoms with E-state index in [1.807, 2.05) is 16.8 Å². The van der Waals surface area contributed by atoms with Crippen LogP contribution in [0.15, 0.2) is 24.4 Å². The summed E-state index contributed by atoms with van der Waals surface area (Å²) in [5, 5.41) is 28.0. The van der Waals surface area contributed by atoms with Gasteiger partial charge in [0.2, 0.25) is 0 Å². The number of aliphatic hydroxyl groups is 2. The minimum atomic E-state index is -0.946. The molecule has 5 heteroatoms. The minimum absolute atomic E-state index is 0.101. The van der Waals surface area contributed by atoms with Crippen molar-refractivity contribution in [3.8, 4) is 0 Å². The van der Waals surface area contributed by atoms with Gasteiger partial charge in [-0.1, -0.05) is 6.07 Å². The molecule has 0 bridgehead atoms. The Morgan fingerprint density at radius 1 is 1.15 bits per heavy atom. The lowest BCUT2D eigenvalue weighted by molar-refractivity contribution is 0.0697. The lowest BCUT2D eigenvalue weighted by atomic mass is 10.1. The SMILES string of the molecule is O=C(O)c1ccc2c(CCCO)cn(CCCO)c2c1. The summed E-state index contributed by atoms with van der Waals surface area (Å²) in [6.45, 7) is 0.885. The molecule has 0 aliphatic rings. The van der Waals surface area contributed by atoms with E-state index < -0.39 is 5.97 Å². The normalized spacial score (nSPS) is 11.1. The molecule has 108 valence electrons. The smallest absolute Gasteiger partial charge is 0.335 e. The minimum Gasteiger partial charge on any atom is -0.478 e. The first-order valence-electron chi connectivity index (χ1n) is 6.74. The first-order valence-corrected chi connectivity index (χ1v) is 6.74. The first-order chi connectivity index (χ1) is 9.67. The zero-order chi connectivity index (χ0) is 14.5. The number of aromatic nitrogens is 1. The van der Waals surface area contributed by atoms with Crippen molar-refractivity contribution >= 4 is 16.9 Å². The van der Waals surface area contributed by atoms with Crippen molar-refractivity contribution in [2.75, 3.05) is 13.2 Å². The van der Waals surface area contributed by atoms with Gasteiger partial charge in [0.05, 0.1) is 5.56 Å². The van der Waals surface area contributed by atoms with Gasteiger partial charge in [-0.25, -0.2) is 4.79 Å². The van der Waals surface area contributed by atoms with E-state index in [4.69, 9.17) is 15.3 Å². The van der Waals surface area contributed by atoms with Gasteiger partial charge in [-0.15, -0.1) is 0 Å². The van der Waals surface area contributed by atoms with Gasteiger partial charge in [-0.05, 0) is 37.0 Å². The Hall–Kier alpha value is -1.85. The molecule has 0 amide bonds. The van der Waals surface area contributed by atoms with E-state index in [2.05, 4.69) is 0 Å². The van der Waals surface area contributed by atoms with Gasteiger partial charge < -0.3 is 19.9 Å². The van der Waals surface area contributed by atoms with Crippen LogP contribution in [0.4, 0.5) is 0 Å². The van der Waals surface area contributed by atoms with E-state index in [0.717, 1.165) is 22.9 Å². The second-order valence-electron chi connectivity index (χ2n) is 4.79. The first kappa shape index (κ1) is 14.6. The Bertz CT molecular complexity index is 603. The highest BCUT2D eigenvalue weighted by atomic mass is 16.4. The van der Waals surface area contributed by atoms with Crippen LogP contribution in [-0.2, 0) is 13.0 Å². The molecule has 3 N–H and O–H groups in total. The molecular weight excluding hydrogens is 258 g/mol. The molecule has 0 aliphatic carbocycles. The maximum atomic E-state index is 11.1. The van der Waals surface area contributed by atoms with Gasteiger partial charge in [0.25, 0.3) is 0 Å². The van der Waals surface area contributed by atoms with Crippen LogP contribution in [0.1, 0.15) is 28.8 Å². The van der Waals surface area contributed by atoms with Gasteiger partial charge in [-0.2, -0.15) is 0 Å². The topological polar surface area (TPSA) is 82.7 Å². The molecule has 0 atom stereocenters. The molecule has 1 heterocycles. The van der Waals surface area contributed by atoms with Crippen LogP contribution in [0.3, 0.4) is 0 Å². The molecule has 0 saturated carbocycles. The maximum Gasteiger partial charge on any atom is 0.335 e. The van der Waals surface area contributed by atoms with Crippen LogP contribution < -0.4 is 0 Å². The molecule has 1 aromatic carbocycles. The lowest BCUT2D eigenvalue weighted by Crippen LogP contribution is -2.00. The van der Waals surface area contributed by atoms with Crippen molar-refractivity contribution in [1.82, 2.24) is 4.57 Å². The van der Waals surface area contributed by atoms with Crippen molar-refractivity contribution in [1.29, 1.82) is 0 Å². The summed E-state index contributed by atoms with van der Waals surface area (Å²) < 4.78 is 1.98. The highest BCUT2D eigenvalue weighted by Crippen LogP contribution is 2.24. The van der Waals surface area contributed by atoms with E-state index in [1.165, 1.54) is 0 Å². The third-order valence-corrected chi connectivity index (χ3v) is 3.37. The number of hydrogen-bond acceptors (Lipinski definition) is 3. The highest BCUT2D eigenvalue weighted by molar-refractivity contribution is 5.94. The molecule has 20 heavy (non-hydrogen) atoms. The molecule has 0 radical (unpaired) electrons. The summed E-state index contributed by atoms with van der Waals surface area (Å²) in [6, 6.07) is 5.09. The Balaban J connectivity index is 2.45. The van der Waals surface area contributed by atoms with Crippen LogP contribution >= 0.6 is 0 Å². The average molecular weight is 277 g/mol. The third-order valence-electron chi connectivity index (χ3n) is 3.37. The van der Waals surface area contributed by atoms with Crippen LogP contribution in [0.25, 0.3) is 10.9 Å². The highest BCUT2D eigenvalue weighted by Gasteiger charge is 2.11. The fourth-order valence-corrected chi connectivity index (χ4v) is 2.40. The molecule has 2 rings (SSSR count). The number of aliphatic hydroxyl groups excluding tert-OH is 2. The summed E-state index contributed by atoms with van der Waals surface area (Å²) in [6.07, 6.45) is 4.05. The van der Waals surface area contributed by atoms with Crippen molar-refractivity contribution in [2.24, 2.45) is 0 Å². The summed E-state index contributed by atoms with van der Waals surface area (Å²) in [5.41, 5.74) is 2.23. The molecule has 0 unspecified atom stereocenters. The molecule has 0 aliphatic heterocycles. The monoisotopic (exact) mass is 277 g/mol. The summed E-state index contributed by atoms with van der Waals surface area (Å²) in [4.78, 5) is 11.1. The van der Waals surface area contributed by atoms with Crippen LogP contribution in [0.2, 0.25) is 0 Å². The predicted octanol–water partition coefficient (Wildman–Crippen LogP) is 1.65. The number of rotatable bonds is 7. The Morgan fingerprint density at radius 2 is 1.90 bits per heavy atom. The largest absolute Gasteiger partial charge is 0.478 e. The van der Waals surface area contributed by atoms with E-state index in [9.17, 15) is 4.79 Å². The van der Waals surface area contributed by atoms with Crippen molar-refractivity contribution in [3.05, 3.63) is 35.5 Å². The summed E-state index contributed by atoms with van der Waals surface area (Å²) in [7, 11) is 0. The van der Waals surface area contributed by atoms with Gasteiger partial charge in [0, 0.05) is 36.9 Å². The summed E-state index contributed by atoms with van der Waals surface area (Å²) >= 11 is 0. The number of benzene rings is 1. The molecule has 5 nitrogen and oxygen atoms in total. The standard InChI is InChI=1S/C15H19NO4/c17-7-1-3-12-10-16(6-2-8-18)14-9-11(15(19)20)4-5-13(12)14/h4-5,9-10,17-18H,1-3,6-8H2,(H,19,20). The predicted molar refractivity (Wildman–Crippen MR) is 76.0 cm³/mol. The van der Waals surface area contributed by atoms with Crippen LogP contribution in [-0.4, -0.2) is 39.1 Å². The average Bonchev–Trinajstić information content (AvgIpc) is 2.80. The quantitative estimate of drug-likeness (QED) is 0.718.